The Morgan fingerprint density at radius 3 is 2.70 bits per heavy atom. The maximum atomic E-state index is 13.6. The van der Waals surface area contributed by atoms with Crippen LogP contribution in [0.5, 0.6) is 17.2 Å². The van der Waals surface area contributed by atoms with Gasteiger partial charge in [0.25, 0.3) is 5.56 Å². The van der Waals surface area contributed by atoms with Gasteiger partial charge in [-0.15, -0.1) is 0 Å². The van der Waals surface area contributed by atoms with Crippen LogP contribution in [-0.4, -0.2) is 42.4 Å². The van der Waals surface area contributed by atoms with E-state index in [1.54, 1.807) is 28.6 Å². The molecule has 1 N–H and O–H groups in total. The van der Waals surface area contributed by atoms with Crippen LogP contribution in [0, 0.1) is 0 Å². The van der Waals surface area contributed by atoms with Crippen LogP contribution in [0.15, 0.2) is 84.2 Å². The van der Waals surface area contributed by atoms with E-state index in [0.717, 1.165) is 29.5 Å². The highest BCUT2D eigenvalue weighted by Gasteiger charge is 2.26. The summed E-state index contributed by atoms with van der Waals surface area (Å²) in [5.74, 6) is 2.40. The zero-order valence-electron chi connectivity index (χ0n) is 23.9. The number of anilines is 2. The summed E-state index contributed by atoms with van der Waals surface area (Å²) in [7, 11) is 3.43. The number of hydrogen-bond donors (Lipinski definition) is 1. The molecule has 5 heterocycles. The van der Waals surface area contributed by atoms with Crippen molar-refractivity contribution in [2.45, 2.75) is 31.9 Å². The Labute approximate surface area is 247 Å². The predicted octanol–water partition coefficient (Wildman–Crippen LogP) is 5.42. The van der Waals surface area contributed by atoms with Crippen molar-refractivity contribution in [1.29, 1.82) is 0 Å². The topological polar surface area (TPSA) is 110 Å². The van der Waals surface area contributed by atoms with Crippen LogP contribution >= 0.6 is 0 Å². The number of hydrogen-bond acceptors (Lipinski definition) is 8. The third-order valence-corrected chi connectivity index (χ3v) is 7.63. The monoisotopic (exact) mass is 577 g/mol. The lowest BCUT2D eigenvalue weighted by Crippen LogP contribution is -2.25. The molecule has 0 saturated heterocycles. The summed E-state index contributed by atoms with van der Waals surface area (Å²) in [5, 5.41) is 7.62. The third-order valence-electron chi connectivity index (χ3n) is 7.63. The zero-order chi connectivity index (χ0) is 29.3. The van der Waals surface area contributed by atoms with Crippen LogP contribution in [0.1, 0.15) is 29.9 Å². The van der Waals surface area contributed by atoms with Crippen LogP contribution in [0.3, 0.4) is 0 Å². The lowest BCUT2D eigenvalue weighted by molar-refractivity contribution is 0.112. The van der Waals surface area contributed by atoms with Crippen molar-refractivity contribution >= 4 is 28.3 Å². The van der Waals surface area contributed by atoms with Gasteiger partial charge in [0, 0.05) is 26.0 Å². The van der Waals surface area contributed by atoms with E-state index < -0.39 is 0 Å². The van der Waals surface area contributed by atoms with E-state index in [4.69, 9.17) is 19.2 Å². The summed E-state index contributed by atoms with van der Waals surface area (Å²) >= 11 is 0. The molecule has 0 atom stereocenters. The van der Waals surface area contributed by atoms with Crippen molar-refractivity contribution in [2.24, 2.45) is 7.05 Å². The first-order valence-electron chi connectivity index (χ1n) is 14.2. The van der Waals surface area contributed by atoms with E-state index in [1.807, 2.05) is 78.6 Å². The van der Waals surface area contributed by atoms with Gasteiger partial charge >= 0.3 is 0 Å². The average molecular weight is 578 g/mol. The van der Waals surface area contributed by atoms with Crippen molar-refractivity contribution in [3.05, 3.63) is 101 Å². The van der Waals surface area contributed by atoms with Gasteiger partial charge in [-0.3, -0.25) is 4.79 Å². The summed E-state index contributed by atoms with van der Waals surface area (Å²) in [6.45, 7) is 1.37. The SMILES string of the molecule is COc1c(Oc2cnn3ccccc23)cnc2nc(Nc3cc(C4CC4)cn(CCOCc4ccccc4)c3=O)n(C)c12. The first-order valence-corrected chi connectivity index (χ1v) is 14.2. The van der Waals surface area contributed by atoms with Gasteiger partial charge in [-0.25, -0.2) is 9.50 Å². The molecule has 0 aliphatic heterocycles. The number of methoxy groups -OCH3 is 1. The van der Waals surface area contributed by atoms with Crippen molar-refractivity contribution in [2.75, 3.05) is 19.0 Å². The number of fused-ring (bicyclic) bond motifs is 2. The Bertz CT molecular complexity index is 1980. The standard InChI is InChI=1S/C32H31N7O4/c1-37-28-29(41-2)27(43-26-18-34-39-13-7-6-10-25(26)39)17-33-30(28)36-32(37)35-24-16-23(22-11-12-22)19-38(31(24)40)14-15-42-20-21-8-4-3-5-9-21/h3-10,13,16-19,22H,11-12,14-15,20H2,1-2H3,(H,33,35,36). The van der Waals surface area contributed by atoms with Crippen LogP contribution < -0.4 is 20.3 Å². The molecule has 1 aromatic carbocycles. The second kappa shape index (κ2) is 11.3. The molecular weight excluding hydrogens is 546 g/mol. The molecule has 43 heavy (non-hydrogen) atoms. The molecule has 0 unspecified atom stereocenters. The van der Waals surface area contributed by atoms with E-state index in [-0.39, 0.29) is 5.56 Å². The largest absolute Gasteiger partial charge is 0.491 e. The number of rotatable bonds is 11. The van der Waals surface area contributed by atoms with Gasteiger partial charge in [-0.1, -0.05) is 36.4 Å². The number of pyridine rings is 3. The molecule has 5 aromatic heterocycles. The first kappa shape index (κ1) is 26.7. The summed E-state index contributed by atoms with van der Waals surface area (Å²) in [6, 6.07) is 17.7. The highest BCUT2D eigenvalue weighted by Crippen LogP contribution is 2.41. The Morgan fingerprint density at radius 2 is 1.88 bits per heavy atom. The third kappa shape index (κ3) is 5.30. The molecule has 0 spiro atoms. The second-order valence-electron chi connectivity index (χ2n) is 10.6. The normalized spacial score (nSPS) is 13.1. The minimum Gasteiger partial charge on any atom is -0.491 e. The van der Waals surface area contributed by atoms with Crippen molar-refractivity contribution in [3.63, 3.8) is 0 Å². The minimum absolute atomic E-state index is 0.142. The fraction of sp³-hybridized carbons (Fsp3) is 0.250. The molecule has 11 heteroatoms. The molecule has 1 aliphatic rings. The minimum atomic E-state index is -0.142. The maximum Gasteiger partial charge on any atom is 0.274 e. The van der Waals surface area contributed by atoms with Gasteiger partial charge in [-0.2, -0.15) is 10.1 Å². The summed E-state index contributed by atoms with van der Waals surface area (Å²) in [6.07, 6.45) is 9.28. The molecule has 11 nitrogen and oxygen atoms in total. The van der Waals surface area contributed by atoms with Crippen molar-refractivity contribution < 1.29 is 14.2 Å². The lowest BCUT2D eigenvalue weighted by atomic mass is 10.2. The average Bonchev–Trinajstić information content (AvgIpc) is 3.74. The Hall–Kier alpha value is -5.16. The number of benzene rings is 1. The van der Waals surface area contributed by atoms with Gasteiger partial charge in [-0.05, 0) is 48.1 Å². The van der Waals surface area contributed by atoms with Gasteiger partial charge in [0.15, 0.2) is 22.9 Å². The number of aryl methyl sites for hydroxylation is 1. The van der Waals surface area contributed by atoms with E-state index in [0.29, 0.717) is 65.7 Å². The van der Waals surface area contributed by atoms with Gasteiger partial charge < -0.3 is 28.7 Å². The molecule has 1 aliphatic carbocycles. The van der Waals surface area contributed by atoms with Crippen molar-refractivity contribution in [1.82, 2.24) is 28.7 Å². The smallest absolute Gasteiger partial charge is 0.274 e. The van der Waals surface area contributed by atoms with Crippen molar-refractivity contribution in [3.8, 4) is 17.2 Å². The number of nitrogens with zero attached hydrogens (tertiary/aromatic N) is 6. The van der Waals surface area contributed by atoms with Crippen LogP contribution in [0.4, 0.5) is 11.6 Å². The number of imidazole rings is 1. The number of ether oxygens (including phenoxy) is 3. The molecule has 218 valence electrons. The molecule has 6 aromatic rings. The summed E-state index contributed by atoms with van der Waals surface area (Å²) < 4.78 is 23.2. The Kier molecular flexibility index (Phi) is 6.99. The highest BCUT2D eigenvalue weighted by atomic mass is 16.5. The Balaban J connectivity index is 1.16. The van der Waals surface area contributed by atoms with E-state index in [9.17, 15) is 4.79 Å². The van der Waals surface area contributed by atoms with Crippen LogP contribution in [0.2, 0.25) is 0 Å². The fourth-order valence-electron chi connectivity index (χ4n) is 5.22. The van der Waals surface area contributed by atoms with Crippen LogP contribution in [0.25, 0.3) is 16.7 Å². The van der Waals surface area contributed by atoms with Crippen LogP contribution in [-0.2, 0) is 24.9 Å². The van der Waals surface area contributed by atoms with Gasteiger partial charge in [0.05, 0.1) is 32.7 Å². The van der Waals surface area contributed by atoms with E-state index in [2.05, 4.69) is 15.4 Å². The first-order chi connectivity index (χ1) is 21.1. The molecule has 1 fully saturated rings. The fourth-order valence-corrected chi connectivity index (χ4v) is 5.22. The maximum absolute atomic E-state index is 13.6. The van der Waals surface area contributed by atoms with E-state index >= 15 is 0 Å². The number of aromatic nitrogens is 6. The Morgan fingerprint density at radius 1 is 1.05 bits per heavy atom. The second-order valence-corrected chi connectivity index (χ2v) is 10.6. The van der Waals surface area contributed by atoms with Gasteiger partial charge in [0.1, 0.15) is 16.7 Å². The quantitative estimate of drug-likeness (QED) is 0.204. The number of nitrogens with one attached hydrogen (secondary N) is 1. The molecule has 1 saturated carbocycles. The highest BCUT2D eigenvalue weighted by molar-refractivity contribution is 5.85. The molecule has 0 radical (unpaired) electrons. The predicted molar refractivity (Wildman–Crippen MR) is 162 cm³/mol. The summed E-state index contributed by atoms with van der Waals surface area (Å²) in [4.78, 5) is 22.8. The van der Waals surface area contributed by atoms with E-state index in [1.165, 1.54) is 0 Å². The lowest BCUT2D eigenvalue weighted by Gasteiger charge is -2.14. The molecule has 0 bridgehead atoms. The molecular formula is C32H31N7O4. The van der Waals surface area contributed by atoms with Gasteiger partial charge in [0.2, 0.25) is 5.95 Å². The zero-order valence-corrected chi connectivity index (χ0v) is 23.9. The molecule has 7 rings (SSSR count). The molecule has 0 amide bonds. The summed E-state index contributed by atoms with van der Waals surface area (Å²) in [5.41, 5.74) is 4.44.